The van der Waals surface area contributed by atoms with E-state index >= 15 is 0 Å². The molecular formula is C11H21Br. The molecule has 1 atom stereocenters. The minimum atomic E-state index is 0.474. The lowest BCUT2D eigenvalue weighted by atomic mass is 9.86. The molecule has 0 N–H and O–H groups in total. The first-order chi connectivity index (χ1) is 5.49. The zero-order chi connectivity index (χ0) is 9.61. The second-order valence-corrected chi connectivity index (χ2v) is 5.29. The van der Waals surface area contributed by atoms with Gasteiger partial charge >= 0.3 is 0 Å². The first-order valence-corrected chi connectivity index (χ1v) is 5.78. The lowest BCUT2D eigenvalue weighted by molar-refractivity contribution is 0.333. The molecule has 0 aliphatic heterocycles. The third kappa shape index (κ3) is 6.90. The Morgan fingerprint density at radius 3 is 2.33 bits per heavy atom. The van der Waals surface area contributed by atoms with E-state index in [0.29, 0.717) is 5.41 Å². The maximum atomic E-state index is 3.77. The molecule has 0 aromatic heterocycles. The van der Waals surface area contributed by atoms with Crippen LogP contribution in [0.2, 0.25) is 0 Å². The van der Waals surface area contributed by atoms with Crippen LogP contribution in [0.5, 0.6) is 0 Å². The highest BCUT2D eigenvalue weighted by Gasteiger charge is 2.13. The minimum Gasteiger partial charge on any atom is -0.103 e. The monoisotopic (exact) mass is 232 g/mol. The Kier molecular flexibility index (Phi) is 5.90. The second-order valence-electron chi connectivity index (χ2n) is 4.64. The lowest BCUT2D eigenvalue weighted by Crippen LogP contribution is -2.09. The van der Waals surface area contributed by atoms with Crippen molar-refractivity contribution in [3.63, 3.8) is 0 Å². The van der Waals surface area contributed by atoms with Gasteiger partial charge in [0, 0.05) is 5.33 Å². The van der Waals surface area contributed by atoms with Crippen LogP contribution in [0, 0.1) is 11.3 Å². The normalized spacial score (nSPS) is 14.3. The molecule has 0 saturated heterocycles. The van der Waals surface area contributed by atoms with E-state index in [0.717, 1.165) is 17.7 Å². The van der Waals surface area contributed by atoms with Crippen molar-refractivity contribution in [1.82, 2.24) is 0 Å². The Balaban J connectivity index is 3.64. The van der Waals surface area contributed by atoms with Gasteiger partial charge in [-0.05, 0) is 30.6 Å². The molecule has 0 radical (unpaired) electrons. The van der Waals surface area contributed by atoms with Crippen molar-refractivity contribution in [2.45, 2.75) is 40.0 Å². The van der Waals surface area contributed by atoms with Gasteiger partial charge in [-0.3, -0.25) is 0 Å². The fraction of sp³-hybridized carbons (Fsp3) is 0.818. The third-order valence-electron chi connectivity index (χ3n) is 2.02. The Morgan fingerprint density at radius 2 is 2.00 bits per heavy atom. The van der Waals surface area contributed by atoms with Gasteiger partial charge in [0.2, 0.25) is 0 Å². The van der Waals surface area contributed by atoms with E-state index in [2.05, 4.69) is 43.3 Å². The Bertz CT molecular complexity index is 121. The molecule has 0 amide bonds. The van der Waals surface area contributed by atoms with Crippen LogP contribution in [-0.4, -0.2) is 5.33 Å². The molecule has 1 heteroatoms. The summed E-state index contributed by atoms with van der Waals surface area (Å²) in [5, 5.41) is 1.11. The lowest BCUT2D eigenvalue weighted by Gasteiger charge is -2.21. The van der Waals surface area contributed by atoms with Crippen molar-refractivity contribution in [2.75, 3.05) is 5.33 Å². The minimum absolute atomic E-state index is 0.474. The molecule has 0 spiro atoms. The molecule has 72 valence electrons. The summed E-state index contributed by atoms with van der Waals surface area (Å²) < 4.78 is 0. The summed E-state index contributed by atoms with van der Waals surface area (Å²) in [6.07, 6.45) is 5.77. The van der Waals surface area contributed by atoms with E-state index in [1.54, 1.807) is 0 Å². The van der Waals surface area contributed by atoms with E-state index in [4.69, 9.17) is 0 Å². The van der Waals surface area contributed by atoms with Crippen LogP contribution in [0.25, 0.3) is 0 Å². The number of allylic oxidation sites excluding steroid dienone is 1. The smallest absolute Gasteiger partial charge is 0.00626 e. The van der Waals surface area contributed by atoms with Crippen LogP contribution in [-0.2, 0) is 0 Å². The molecule has 0 aliphatic rings. The van der Waals surface area contributed by atoms with E-state index in [-0.39, 0.29) is 0 Å². The van der Waals surface area contributed by atoms with Crippen LogP contribution >= 0.6 is 15.9 Å². The van der Waals surface area contributed by atoms with Crippen LogP contribution in [0.3, 0.4) is 0 Å². The van der Waals surface area contributed by atoms with Gasteiger partial charge in [-0.2, -0.15) is 0 Å². The van der Waals surface area contributed by atoms with Gasteiger partial charge in [-0.15, -0.1) is 6.58 Å². The largest absolute Gasteiger partial charge is 0.103 e. The summed E-state index contributed by atoms with van der Waals surface area (Å²) in [5.74, 6) is 0.779. The van der Waals surface area contributed by atoms with Crippen molar-refractivity contribution in [2.24, 2.45) is 11.3 Å². The fourth-order valence-corrected chi connectivity index (χ4v) is 1.72. The maximum Gasteiger partial charge on any atom is 0.00626 e. The fourth-order valence-electron chi connectivity index (χ4n) is 1.13. The van der Waals surface area contributed by atoms with Gasteiger partial charge in [0.25, 0.3) is 0 Å². The topological polar surface area (TPSA) is 0 Å². The average molecular weight is 233 g/mol. The quantitative estimate of drug-likeness (QED) is 0.487. The number of rotatable bonds is 5. The van der Waals surface area contributed by atoms with Gasteiger partial charge < -0.3 is 0 Å². The van der Waals surface area contributed by atoms with Crippen LogP contribution in [0.1, 0.15) is 40.0 Å². The van der Waals surface area contributed by atoms with Crippen LogP contribution in [0.4, 0.5) is 0 Å². The molecule has 0 aliphatic carbocycles. The number of alkyl halides is 1. The van der Waals surface area contributed by atoms with Crippen LogP contribution < -0.4 is 0 Å². The Hall–Kier alpha value is 0.220. The molecule has 0 aromatic carbocycles. The standard InChI is InChI=1S/C11H21Br/c1-5-6-10(9-12)7-8-11(2,3)4/h5,10H,1,6-9H2,2-4H3. The van der Waals surface area contributed by atoms with E-state index < -0.39 is 0 Å². The summed E-state index contributed by atoms with van der Waals surface area (Å²) in [7, 11) is 0. The summed E-state index contributed by atoms with van der Waals surface area (Å²) >= 11 is 3.54. The molecule has 12 heavy (non-hydrogen) atoms. The summed E-state index contributed by atoms with van der Waals surface area (Å²) in [6.45, 7) is 10.7. The first kappa shape index (κ1) is 12.2. The number of hydrogen-bond donors (Lipinski definition) is 0. The average Bonchev–Trinajstić information content (AvgIpc) is 1.96. The SMILES string of the molecule is C=CCC(CBr)CCC(C)(C)C. The van der Waals surface area contributed by atoms with Gasteiger partial charge in [-0.1, -0.05) is 42.8 Å². The highest BCUT2D eigenvalue weighted by molar-refractivity contribution is 9.09. The molecule has 0 bridgehead atoms. The maximum absolute atomic E-state index is 3.77. The summed E-state index contributed by atoms with van der Waals surface area (Å²) in [6, 6.07) is 0. The van der Waals surface area contributed by atoms with Gasteiger partial charge in [0.1, 0.15) is 0 Å². The zero-order valence-corrected chi connectivity index (χ0v) is 10.2. The molecule has 0 heterocycles. The molecule has 0 aromatic rings. The molecule has 1 unspecified atom stereocenters. The van der Waals surface area contributed by atoms with Gasteiger partial charge in [-0.25, -0.2) is 0 Å². The van der Waals surface area contributed by atoms with Crippen molar-refractivity contribution in [1.29, 1.82) is 0 Å². The molecule has 0 saturated carbocycles. The predicted octanol–water partition coefficient (Wildman–Crippen LogP) is 4.40. The Morgan fingerprint density at radius 1 is 1.42 bits per heavy atom. The van der Waals surface area contributed by atoms with Crippen molar-refractivity contribution < 1.29 is 0 Å². The first-order valence-electron chi connectivity index (χ1n) is 4.66. The molecule has 0 fully saturated rings. The second kappa shape index (κ2) is 5.80. The highest BCUT2D eigenvalue weighted by Crippen LogP contribution is 2.25. The molecule has 0 rings (SSSR count). The molecule has 0 nitrogen and oxygen atoms in total. The van der Waals surface area contributed by atoms with Crippen LogP contribution in [0.15, 0.2) is 12.7 Å². The predicted molar refractivity (Wildman–Crippen MR) is 60.8 cm³/mol. The van der Waals surface area contributed by atoms with E-state index in [1.165, 1.54) is 12.8 Å². The molecular weight excluding hydrogens is 212 g/mol. The van der Waals surface area contributed by atoms with Crippen molar-refractivity contribution in [3.05, 3.63) is 12.7 Å². The summed E-state index contributed by atoms with van der Waals surface area (Å²) in [4.78, 5) is 0. The highest BCUT2D eigenvalue weighted by atomic mass is 79.9. The third-order valence-corrected chi connectivity index (χ3v) is 2.94. The Labute approximate surface area is 85.6 Å². The number of halogens is 1. The van der Waals surface area contributed by atoms with E-state index in [9.17, 15) is 0 Å². The van der Waals surface area contributed by atoms with Gasteiger partial charge in [0.15, 0.2) is 0 Å². The summed E-state index contributed by atoms with van der Waals surface area (Å²) in [5.41, 5.74) is 0.474. The number of hydrogen-bond acceptors (Lipinski definition) is 0. The van der Waals surface area contributed by atoms with E-state index in [1.807, 2.05) is 6.08 Å². The van der Waals surface area contributed by atoms with Crippen molar-refractivity contribution in [3.8, 4) is 0 Å². The van der Waals surface area contributed by atoms with Crippen molar-refractivity contribution >= 4 is 15.9 Å². The van der Waals surface area contributed by atoms with Gasteiger partial charge in [0.05, 0.1) is 0 Å². The zero-order valence-electron chi connectivity index (χ0n) is 8.57.